The van der Waals surface area contributed by atoms with Gasteiger partial charge in [-0.2, -0.15) is 0 Å². The first-order valence-corrected chi connectivity index (χ1v) is 9.25. The van der Waals surface area contributed by atoms with Crippen LogP contribution in [0.3, 0.4) is 0 Å². The van der Waals surface area contributed by atoms with Gasteiger partial charge in [-0.15, -0.1) is 0 Å². The van der Waals surface area contributed by atoms with Crippen LogP contribution in [-0.4, -0.2) is 18.5 Å². The van der Waals surface area contributed by atoms with Gasteiger partial charge in [-0.25, -0.2) is 9.59 Å². The molecule has 0 radical (unpaired) electrons. The van der Waals surface area contributed by atoms with E-state index in [-0.39, 0.29) is 18.5 Å². The Morgan fingerprint density at radius 2 is 1.92 bits per heavy atom. The summed E-state index contributed by atoms with van der Waals surface area (Å²) in [5.74, 6) is -0.714. The van der Waals surface area contributed by atoms with Gasteiger partial charge in [0.05, 0.1) is 17.7 Å². The second-order valence-corrected chi connectivity index (χ2v) is 6.42. The van der Waals surface area contributed by atoms with Gasteiger partial charge in [0.15, 0.2) is 0 Å². The van der Waals surface area contributed by atoms with Gasteiger partial charge in [-0.05, 0) is 42.5 Å². The number of esters is 2. The zero-order valence-electron chi connectivity index (χ0n) is 15.3. The minimum absolute atomic E-state index is 0.252. The predicted octanol–water partition coefficient (Wildman–Crippen LogP) is 4.93. The Morgan fingerprint density at radius 1 is 1.15 bits per heavy atom. The monoisotopic (exact) mass is 352 g/mol. The van der Waals surface area contributed by atoms with Gasteiger partial charge in [-0.1, -0.05) is 50.1 Å². The molecule has 0 amide bonds. The summed E-state index contributed by atoms with van der Waals surface area (Å²) in [6, 6.07) is 11.7. The summed E-state index contributed by atoms with van der Waals surface area (Å²) in [6.07, 6.45) is 3.72. The van der Waals surface area contributed by atoms with Crippen LogP contribution in [0.5, 0.6) is 0 Å². The van der Waals surface area contributed by atoms with E-state index in [0.29, 0.717) is 24.2 Å². The molecule has 0 aromatic heterocycles. The van der Waals surface area contributed by atoms with Crippen LogP contribution < -0.4 is 0 Å². The molecule has 4 nitrogen and oxygen atoms in total. The molecule has 2 aromatic rings. The lowest BCUT2D eigenvalue weighted by Gasteiger charge is -2.16. The fourth-order valence-corrected chi connectivity index (χ4v) is 3.45. The molecule has 0 saturated heterocycles. The Morgan fingerprint density at radius 3 is 2.62 bits per heavy atom. The summed E-state index contributed by atoms with van der Waals surface area (Å²) in [5, 5.41) is 0. The van der Waals surface area contributed by atoms with E-state index in [1.165, 1.54) is 0 Å². The number of ether oxygens (including phenoxy) is 2. The lowest BCUT2D eigenvalue weighted by molar-refractivity contribution is 0.0525. The van der Waals surface area contributed by atoms with Crippen LogP contribution >= 0.6 is 0 Å². The van der Waals surface area contributed by atoms with Crippen molar-refractivity contribution in [2.45, 2.75) is 46.1 Å². The topological polar surface area (TPSA) is 52.6 Å². The third kappa shape index (κ3) is 3.50. The molecule has 136 valence electrons. The molecule has 0 bridgehead atoms. The molecule has 0 fully saturated rings. The summed E-state index contributed by atoms with van der Waals surface area (Å²) >= 11 is 0. The molecule has 2 aromatic carbocycles. The van der Waals surface area contributed by atoms with Gasteiger partial charge >= 0.3 is 11.9 Å². The normalized spacial score (nSPS) is 12.6. The third-order valence-electron chi connectivity index (χ3n) is 4.70. The van der Waals surface area contributed by atoms with Gasteiger partial charge in [0.25, 0.3) is 0 Å². The van der Waals surface area contributed by atoms with Crippen LogP contribution in [0.1, 0.15) is 65.0 Å². The molecule has 26 heavy (non-hydrogen) atoms. The van der Waals surface area contributed by atoms with Crippen LogP contribution in [0.15, 0.2) is 36.4 Å². The predicted molar refractivity (Wildman–Crippen MR) is 100 cm³/mol. The van der Waals surface area contributed by atoms with E-state index >= 15 is 0 Å². The van der Waals surface area contributed by atoms with Crippen molar-refractivity contribution in [1.29, 1.82) is 0 Å². The van der Waals surface area contributed by atoms with Crippen molar-refractivity contribution < 1.29 is 19.1 Å². The van der Waals surface area contributed by atoms with Crippen molar-refractivity contribution in [3.05, 3.63) is 58.7 Å². The highest BCUT2D eigenvalue weighted by molar-refractivity contribution is 6.03. The van der Waals surface area contributed by atoms with Crippen molar-refractivity contribution in [3.63, 3.8) is 0 Å². The molecule has 0 spiro atoms. The minimum atomic E-state index is -0.376. The van der Waals surface area contributed by atoms with Crippen LogP contribution in [0.4, 0.5) is 0 Å². The third-order valence-corrected chi connectivity index (χ3v) is 4.70. The summed E-state index contributed by atoms with van der Waals surface area (Å²) in [7, 11) is 0. The maximum atomic E-state index is 12.6. The Kier molecular flexibility index (Phi) is 5.71. The van der Waals surface area contributed by atoms with Gasteiger partial charge in [0, 0.05) is 5.56 Å². The Bertz CT molecular complexity index is 809. The van der Waals surface area contributed by atoms with Crippen molar-refractivity contribution in [3.8, 4) is 11.1 Å². The summed E-state index contributed by atoms with van der Waals surface area (Å²) in [4.78, 5) is 25.1. The van der Waals surface area contributed by atoms with Crippen LogP contribution in [0, 0.1) is 0 Å². The van der Waals surface area contributed by atoms with Crippen LogP contribution in [0.2, 0.25) is 0 Å². The van der Waals surface area contributed by atoms with E-state index in [4.69, 9.17) is 9.47 Å². The zero-order valence-corrected chi connectivity index (χ0v) is 15.3. The number of cyclic esters (lactones) is 1. The summed E-state index contributed by atoms with van der Waals surface area (Å²) in [6.45, 7) is 4.47. The van der Waals surface area contributed by atoms with Crippen molar-refractivity contribution in [2.75, 3.05) is 6.61 Å². The molecule has 0 atom stereocenters. The van der Waals surface area contributed by atoms with E-state index in [9.17, 15) is 9.59 Å². The molecule has 0 saturated carbocycles. The van der Waals surface area contributed by atoms with Crippen LogP contribution in [-0.2, 0) is 22.5 Å². The van der Waals surface area contributed by atoms with Gasteiger partial charge < -0.3 is 9.47 Å². The molecule has 4 heteroatoms. The molecule has 1 heterocycles. The zero-order chi connectivity index (χ0) is 18.5. The smallest absolute Gasteiger partial charge is 0.339 e. The molecule has 1 aliphatic rings. The highest BCUT2D eigenvalue weighted by atomic mass is 16.5. The highest BCUT2D eigenvalue weighted by Gasteiger charge is 2.31. The van der Waals surface area contributed by atoms with E-state index in [1.807, 2.05) is 36.4 Å². The van der Waals surface area contributed by atoms with E-state index in [0.717, 1.165) is 41.5 Å². The number of fused-ring (bicyclic) bond motifs is 1. The fraction of sp³-hybridized carbons (Fsp3) is 0.364. The molecule has 3 rings (SSSR count). The van der Waals surface area contributed by atoms with Gasteiger partial charge in [-0.3, -0.25) is 0 Å². The minimum Gasteiger partial charge on any atom is -0.462 e. The maximum Gasteiger partial charge on any atom is 0.339 e. The molecule has 0 unspecified atom stereocenters. The average Bonchev–Trinajstić information content (AvgIpc) is 3.04. The highest BCUT2D eigenvalue weighted by Crippen LogP contribution is 2.36. The Labute approximate surface area is 154 Å². The van der Waals surface area contributed by atoms with Gasteiger partial charge in [0.1, 0.15) is 6.61 Å². The Balaban J connectivity index is 2.18. The van der Waals surface area contributed by atoms with Crippen molar-refractivity contribution >= 4 is 11.9 Å². The lowest BCUT2D eigenvalue weighted by Crippen LogP contribution is -2.13. The Hall–Kier alpha value is -2.62. The number of unbranched alkanes of at least 4 members (excludes halogenated alkanes) is 2. The van der Waals surface area contributed by atoms with Crippen molar-refractivity contribution in [1.82, 2.24) is 0 Å². The number of rotatable bonds is 7. The summed E-state index contributed by atoms with van der Waals surface area (Å²) < 4.78 is 10.6. The van der Waals surface area contributed by atoms with Crippen molar-refractivity contribution in [2.24, 2.45) is 0 Å². The SMILES string of the molecule is CCCCCc1c(C(=O)OCC)cc(-c2ccccc2)c2c1C(=O)OC2. The molecule has 1 aliphatic heterocycles. The number of carbonyl (C=O) groups is 2. The van der Waals surface area contributed by atoms with E-state index in [2.05, 4.69) is 6.92 Å². The first kappa shape index (κ1) is 18.2. The number of benzene rings is 2. The number of carbonyl (C=O) groups excluding carboxylic acids is 2. The van der Waals surface area contributed by atoms with Gasteiger partial charge in [0.2, 0.25) is 0 Å². The number of hydrogen-bond donors (Lipinski definition) is 0. The molecular formula is C22H24O4. The fourth-order valence-electron chi connectivity index (χ4n) is 3.45. The standard InChI is InChI=1S/C22H24O4/c1-3-5-7-12-16-18(21(23)25-4-2)13-17(15-10-8-6-9-11-15)19-14-26-22(24)20(16)19/h6,8-11,13H,3-5,7,12,14H2,1-2H3. The molecular weight excluding hydrogens is 328 g/mol. The first-order chi connectivity index (χ1) is 12.7. The summed E-state index contributed by atoms with van der Waals surface area (Å²) in [5.41, 5.74) is 4.53. The molecule has 0 aliphatic carbocycles. The second-order valence-electron chi connectivity index (χ2n) is 6.42. The maximum absolute atomic E-state index is 12.6. The second kappa shape index (κ2) is 8.17. The van der Waals surface area contributed by atoms with E-state index in [1.54, 1.807) is 6.92 Å². The molecule has 0 N–H and O–H groups in total. The van der Waals surface area contributed by atoms with E-state index < -0.39 is 0 Å². The average molecular weight is 352 g/mol. The van der Waals surface area contributed by atoms with Crippen LogP contribution in [0.25, 0.3) is 11.1 Å². The number of hydrogen-bond acceptors (Lipinski definition) is 4. The largest absolute Gasteiger partial charge is 0.462 e. The first-order valence-electron chi connectivity index (χ1n) is 9.25. The quantitative estimate of drug-likeness (QED) is 0.523. The lowest BCUT2D eigenvalue weighted by atomic mass is 9.87.